The molecule has 0 bridgehead atoms. The van der Waals surface area contributed by atoms with Gasteiger partial charge in [0.05, 0.1) is 19.8 Å². The first-order chi connectivity index (χ1) is 10.4. The van der Waals surface area contributed by atoms with Gasteiger partial charge in [0, 0.05) is 23.9 Å². The molecule has 1 unspecified atom stereocenters. The summed E-state index contributed by atoms with van der Waals surface area (Å²) in [4.78, 5) is 12.6. The molecule has 1 saturated heterocycles. The molecule has 6 nitrogen and oxygen atoms in total. The molecule has 0 radical (unpaired) electrons. The van der Waals surface area contributed by atoms with E-state index in [-0.39, 0.29) is 11.8 Å². The SMILES string of the molecule is CCC(C)C(=O)NCc1ccc(S(=O)(=O)N2CCOCC2)s1. The quantitative estimate of drug-likeness (QED) is 0.845. The summed E-state index contributed by atoms with van der Waals surface area (Å²) in [6, 6.07) is 3.37. The van der Waals surface area contributed by atoms with Crippen molar-refractivity contribution in [2.75, 3.05) is 26.3 Å². The first kappa shape index (κ1) is 17.4. The average Bonchev–Trinajstić information content (AvgIpc) is 3.02. The van der Waals surface area contributed by atoms with Gasteiger partial charge < -0.3 is 10.1 Å². The van der Waals surface area contributed by atoms with Crippen LogP contribution in [0.4, 0.5) is 0 Å². The Morgan fingerprint density at radius 3 is 2.73 bits per heavy atom. The van der Waals surface area contributed by atoms with Crippen molar-refractivity contribution in [3.63, 3.8) is 0 Å². The second-order valence-corrected chi connectivity index (χ2v) is 8.60. The Kier molecular flexibility index (Phi) is 5.96. The molecule has 1 amide bonds. The summed E-state index contributed by atoms with van der Waals surface area (Å²) in [5.74, 6) is -0.0370. The van der Waals surface area contributed by atoms with Crippen LogP contribution in [0.1, 0.15) is 25.1 Å². The third-order valence-electron chi connectivity index (χ3n) is 3.70. The van der Waals surface area contributed by atoms with Crippen molar-refractivity contribution in [2.45, 2.75) is 31.0 Å². The summed E-state index contributed by atoms with van der Waals surface area (Å²) in [5.41, 5.74) is 0. The number of sulfonamides is 1. The van der Waals surface area contributed by atoms with Gasteiger partial charge >= 0.3 is 0 Å². The van der Waals surface area contributed by atoms with Crippen LogP contribution in [0.2, 0.25) is 0 Å². The van der Waals surface area contributed by atoms with E-state index < -0.39 is 10.0 Å². The normalized spacial score (nSPS) is 18.1. The predicted molar refractivity (Wildman–Crippen MR) is 85.2 cm³/mol. The topological polar surface area (TPSA) is 75.7 Å². The Morgan fingerprint density at radius 1 is 1.41 bits per heavy atom. The van der Waals surface area contributed by atoms with Crippen molar-refractivity contribution < 1.29 is 17.9 Å². The Labute approximate surface area is 135 Å². The fourth-order valence-corrected chi connectivity index (χ4v) is 4.90. The molecule has 2 heterocycles. The first-order valence-corrected chi connectivity index (χ1v) is 9.65. The van der Waals surface area contributed by atoms with Crippen LogP contribution in [0, 0.1) is 5.92 Å². The number of carbonyl (C=O) groups is 1. The molecule has 1 atom stereocenters. The summed E-state index contributed by atoms with van der Waals surface area (Å²) < 4.78 is 31.9. The molecule has 1 fully saturated rings. The van der Waals surface area contributed by atoms with Gasteiger partial charge in [-0.1, -0.05) is 13.8 Å². The number of nitrogens with one attached hydrogen (secondary N) is 1. The number of thiophene rings is 1. The van der Waals surface area contributed by atoms with Crippen molar-refractivity contribution in [1.29, 1.82) is 0 Å². The van der Waals surface area contributed by atoms with Crippen molar-refractivity contribution in [3.8, 4) is 0 Å². The molecule has 1 aromatic rings. The smallest absolute Gasteiger partial charge is 0.252 e. The van der Waals surface area contributed by atoms with E-state index in [2.05, 4.69) is 5.32 Å². The Morgan fingerprint density at radius 2 is 2.09 bits per heavy atom. The van der Waals surface area contributed by atoms with Crippen LogP contribution < -0.4 is 5.32 Å². The maximum atomic E-state index is 12.5. The number of morpholine rings is 1. The van der Waals surface area contributed by atoms with Gasteiger partial charge in [-0.15, -0.1) is 11.3 Å². The highest BCUT2D eigenvalue weighted by atomic mass is 32.2. The third-order valence-corrected chi connectivity index (χ3v) is 7.15. The Bertz CT molecular complexity index is 606. The minimum absolute atomic E-state index is 0.00603. The van der Waals surface area contributed by atoms with Crippen LogP contribution in [0.25, 0.3) is 0 Å². The van der Waals surface area contributed by atoms with Crippen LogP contribution in [-0.2, 0) is 26.1 Å². The van der Waals surface area contributed by atoms with E-state index in [0.29, 0.717) is 37.1 Å². The van der Waals surface area contributed by atoms with Crippen molar-refractivity contribution in [1.82, 2.24) is 9.62 Å². The summed E-state index contributed by atoms with van der Waals surface area (Å²) in [6.45, 7) is 5.85. The minimum Gasteiger partial charge on any atom is -0.379 e. The molecule has 0 spiro atoms. The molecule has 8 heteroatoms. The van der Waals surface area contributed by atoms with Gasteiger partial charge in [0.15, 0.2) is 0 Å². The van der Waals surface area contributed by atoms with Crippen LogP contribution in [0.15, 0.2) is 16.3 Å². The Balaban J connectivity index is 2.00. The zero-order chi connectivity index (χ0) is 16.2. The lowest BCUT2D eigenvalue weighted by molar-refractivity contribution is -0.124. The third kappa shape index (κ3) is 4.07. The van der Waals surface area contributed by atoms with Crippen molar-refractivity contribution in [3.05, 3.63) is 17.0 Å². The van der Waals surface area contributed by atoms with E-state index in [1.54, 1.807) is 12.1 Å². The second kappa shape index (κ2) is 7.54. The van der Waals surface area contributed by atoms with E-state index in [1.165, 1.54) is 15.6 Å². The summed E-state index contributed by atoms with van der Waals surface area (Å²) in [7, 11) is -3.44. The van der Waals surface area contributed by atoms with Crippen LogP contribution in [0.5, 0.6) is 0 Å². The lowest BCUT2D eigenvalue weighted by atomic mass is 10.1. The molecular formula is C14H22N2O4S2. The molecule has 0 aliphatic carbocycles. The predicted octanol–water partition coefficient (Wildman–Crippen LogP) is 1.43. The zero-order valence-corrected chi connectivity index (χ0v) is 14.5. The van der Waals surface area contributed by atoms with E-state index in [9.17, 15) is 13.2 Å². The fraction of sp³-hybridized carbons (Fsp3) is 0.643. The molecule has 1 aromatic heterocycles. The summed E-state index contributed by atoms with van der Waals surface area (Å²) in [6.07, 6.45) is 0.785. The van der Waals surface area contributed by atoms with Crippen LogP contribution >= 0.6 is 11.3 Å². The number of nitrogens with zero attached hydrogens (tertiary/aromatic N) is 1. The van der Waals surface area contributed by atoms with Crippen LogP contribution in [0.3, 0.4) is 0 Å². The highest BCUT2D eigenvalue weighted by Crippen LogP contribution is 2.25. The van der Waals surface area contributed by atoms with E-state index in [1.807, 2.05) is 13.8 Å². The van der Waals surface area contributed by atoms with Crippen molar-refractivity contribution in [2.24, 2.45) is 5.92 Å². The number of rotatable bonds is 6. The van der Waals surface area contributed by atoms with Gasteiger partial charge in [0.25, 0.3) is 10.0 Å². The maximum Gasteiger partial charge on any atom is 0.252 e. The van der Waals surface area contributed by atoms with E-state index in [4.69, 9.17) is 4.74 Å². The molecule has 1 aliphatic rings. The molecule has 124 valence electrons. The fourth-order valence-electron chi connectivity index (χ4n) is 2.04. The van der Waals surface area contributed by atoms with Gasteiger partial charge in [0.2, 0.25) is 5.91 Å². The second-order valence-electron chi connectivity index (χ2n) is 5.26. The maximum absolute atomic E-state index is 12.5. The lowest BCUT2D eigenvalue weighted by Crippen LogP contribution is -2.40. The zero-order valence-electron chi connectivity index (χ0n) is 12.9. The van der Waals surface area contributed by atoms with Gasteiger partial charge in [-0.2, -0.15) is 4.31 Å². The van der Waals surface area contributed by atoms with Gasteiger partial charge in [-0.3, -0.25) is 4.79 Å². The minimum atomic E-state index is -3.44. The van der Waals surface area contributed by atoms with Crippen LogP contribution in [-0.4, -0.2) is 44.9 Å². The molecular weight excluding hydrogens is 324 g/mol. The molecule has 2 rings (SSSR count). The molecule has 1 aliphatic heterocycles. The molecule has 0 saturated carbocycles. The monoisotopic (exact) mass is 346 g/mol. The molecule has 0 aromatic carbocycles. The highest BCUT2D eigenvalue weighted by molar-refractivity contribution is 7.91. The Hall–Kier alpha value is -0.960. The number of ether oxygens (including phenoxy) is 1. The van der Waals surface area contributed by atoms with Gasteiger partial charge in [0.1, 0.15) is 4.21 Å². The lowest BCUT2D eigenvalue weighted by Gasteiger charge is -2.25. The highest BCUT2D eigenvalue weighted by Gasteiger charge is 2.27. The summed E-state index contributed by atoms with van der Waals surface area (Å²) in [5, 5.41) is 2.84. The number of amides is 1. The van der Waals surface area contributed by atoms with E-state index >= 15 is 0 Å². The standard InChI is InChI=1S/C14H22N2O4S2/c1-3-11(2)14(17)15-10-12-4-5-13(21-12)22(18,19)16-6-8-20-9-7-16/h4-5,11H,3,6-10H2,1-2H3,(H,15,17). The first-order valence-electron chi connectivity index (χ1n) is 7.39. The average molecular weight is 346 g/mol. The summed E-state index contributed by atoms with van der Waals surface area (Å²) >= 11 is 1.21. The molecule has 22 heavy (non-hydrogen) atoms. The van der Waals surface area contributed by atoms with Gasteiger partial charge in [-0.05, 0) is 18.6 Å². The number of carbonyl (C=O) groups excluding carboxylic acids is 1. The van der Waals surface area contributed by atoms with Gasteiger partial charge in [-0.25, -0.2) is 8.42 Å². The molecule has 1 N–H and O–H groups in total. The van der Waals surface area contributed by atoms with Crippen molar-refractivity contribution >= 4 is 27.3 Å². The van der Waals surface area contributed by atoms with E-state index in [0.717, 1.165) is 11.3 Å². The largest absolute Gasteiger partial charge is 0.379 e. The number of hydrogen-bond donors (Lipinski definition) is 1. The number of hydrogen-bond acceptors (Lipinski definition) is 5.